The average molecular weight is 283 g/mol. The predicted molar refractivity (Wildman–Crippen MR) is 81.0 cm³/mol. The minimum atomic E-state index is -0.554. The molecule has 1 saturated carbocycles. The van der Waals surface area contributed by atoms with Gasteiger partial charge in [-0.3, -0.25) is 4.79 Å². The first-order valence-corrected chi connectivity index (χ1v) is 7.64. The van der Waals surface area contributed by atoms with Crippen molar-refractivity contribution in [2.24, 2.45) is 11.1 Å². The number of hydrogen-bond donors (Lipinski definition) is 1. The number of rotatable bonds is 4. The first-order chi connectivity index (χ1) is 8.97. The molecule has 4 nitrogen and oxygen atoms in total. The monoisotopic (exact) mass is 283 g/mol. The maximum Gasteiger partial charge on any atom is 0.235 e. The Morgan fingerprint density at radius 2 is 2.05 bits per heavy atom. The molecule has 0 aromatic heterocycles. The Bertz CT molecular complexity index is 366. The van der Waals surface area contributed by atoms with Crippen molar-refractivity contribution < 1.29 is 4.79 Å². The SMILES string of the molecule is CN(CC1CCCN1C)C(=O)C1(C(N)=S)CCCC1. The summed E-state index contributed by atoms with van der Waals surface area (Å²) in [6.45, 7) is 1.92. The Kier molecular flexibility index (Phi) is 4.46. The van der Waals surface area contributed by atoms with Crippen molar-refractivity contribution in [2.75, 3.05) is 27.2 Å². The summed E-state index contributed by atoms with van der Waals surface area (Å²) < 4.78 is 0. The Labute approximate surface area is 121 Å². The highest BCUT2D eigenvalue weighted by molar-refractivity contribution is 7.80. The Morgan fingerprint density at radius 1 is 1.42 bits per heavy atom. The van der Waals surface area contributed by atoms with Crippen LogP contribution in [0.2, 0.25) is 0 Å². The Balaban J connectivity index is 2.03. The van der Waals surface area contributed by atoms with Gasteiger partial charge in [0.05, 0.1) is 10.4 Å². The molecule has 19 heavy (non-hydrogen) atoms. The molecule has 1 heterocycles. The third-order valence-corrected chi connectivity index (χ3v) is 5.23. The third kappa shape index (κ3) is 2.77. The molecule has 2 aliphatic rings. The molecule has 1 amide bonds. The van der Waals surface area contributed by atoms with Crippen molar-refractivity contribution in [1.29, 1.82) is 0 Å². The highest BCUT2D eigenvalue weighted by atomic mass is 32.1. The summed E-state index contributed by atoms with van der Waals surface area (Å²) >= 11 is 5.19. The van der Waals surface area contributed by atoms with Gasteiger partial charge in [0, 0.05) is 19.6 Å². The number of carbonyl (C=O) groups excluding carboxylic acids is 1. The fourth-order valence-electron chi connectivity index (χ4n) is 3.52. The summed E-state index contributed by atoms with van der Waals surface area (Å²) in [5.74, 6) is 0.137. The lowest BCUT2D eigenvalue weighted by molar-refractivity contribution is -0.137. The number of carbonyl (C=O) groups is 1. The van der Waals surface area contributed by atoms with Gasteiger partial charge < -0.3 is 15.5 Å². The smallest absolute Gasteiger partial charge is 0.235 e. The molecule has 1 saturated heterocycles. The summed E-state index contributed by atoms with van der Waals surface area (Å²) in [7, 11) is 4.03. The highest BCUT2D eigenvalue weighted by Gasteiger charge is 2.45. The largest absolute Gasteiger partial charge is 0.392 e. The van der Waals surface area contributed by atoms with Crippen LogP contribution >= 0.6 is 12.2 Å². The van der Waals surface area contributed by atoms with Crippen molar-refractivity contribution in [3.63, 3.8) is 0 Å². The van der Waals surface area contributed by atoms with Crippen LogP contribution in [0.15, 0.2) is 0 Å². The number of thiocarbonyl (C=S) groups is 1. The fraction of sp³-hybridized carbons (Fsp3) is 0.857. The van der Waals surface area contributed by atoms with Gasteiger partial charge in [-0.15, -0.1) is 0 Å². The molecule has 1 unspecified atom stereocenters. The number of nitrogens with two attached hydrogens (primary N) is 1. The maximum atomic E-state index is 12.7. The van der Waals surface area contributed by atoms with Gasteiger partial charge in [-0.25, -0.2) is 0 Å². The number of amides is 1. The molecule has 2 N–H and O–H groups in total. The van der Waals surface area contributed by atoms with Gasteiger partial charge in [-0.2, -0.15) is 0 Å². The topological polar surface area (TPSA) is 49.6 Å². The molecule has 0 spiro atoms. The van der Waals surface area contributed by atoms with E-state index < -0.39 is 5.41 Å². The predicted octanol–water partition coefficient (Wildman–Crippen LogP) is 1.39. The van der Waals surface area contributed by atoms with E-state index in [-0.39, 0.29) is 5.91 Å². The zero-order valence-corrected chi connectivity index (χ0v) is 12.8. The first kappa shape index (κ1) is 14.7. The molecule has 1 aliphatic carbocycles. The molecule has 2 fully saturated rings. The van der Waals surface area contributed by atoms with Crippen LogP contribution in [0.25, 0.3) is 0 Å². The lowest BCUT2D eigenvalue weighted by Crippen LogP contribution is -2.50. The Hall–Kier alpha value is -0.680. The fourth-order valence-corrected chi connectivity index (χ4v) is 3.81. The van der Waals surface area contributed by atoms with Crippen molar-refractivity contribution in [3.8, 4) is 0 Å². The molecule has 1 aliphatic heterocycles. The van der Waals surface area contributed by atoms with Crippen LogP contribution in [-0.4, -0.2) is 53.9 Å². The second kappa shape index (κ2) is 5.75. The van der Waals surface area contributed by atoms with E-state index in [1.54, 1.807) is 0 Å². The molecule has 0 aromatic rings. The summed E-state index contributed by atoms with van der Waals surface area (Å²) in [5, 5.41) is 0. The molecular formula is C14H25N3OS. The van der Waals surface area contributed by atoms with Gasteiger partial charge in [0.2, 0.25) is 5.91 Å². The van der Waals surface area contributed by atoms with Gasteiger partial charge in [0.15, 0.2) is 0 Å². The molecule has 2 rings (SSSR count). The quantitative estimate of drug-likeness (QED) is 0.792. The van der Waals surface area contributed by atoms with Crippen molar-refractivity contribution >= 4 is 23.1 Å². The van der Waals surface area contributed by atoms with E-state index >= 15 is 0 Å². The number of hydrogen-bond acceptors (Lipinski definition) is 3. The van der Waals surface area contributed by atoms with Crippen LogP contribution in [0.1, 0.15) is 38.5 Å². The van der Waals surface area contributed by atoms with Crippen LogP contribution in [-0.2, 0) is 4.79 Å². The molecule has 1 atom stereocenters. The molecule has 5 heteroatoms. The lowest BCUT2D eigenvalue weighted by Gasteiger charge is -2.34. The van der Waals surface area contributed by atoms with E-state index in [1.807, 2.05) is 11.9 Å². The van der Waals surface area contributed by atoms with Crippen LogP contribution in [0.4, 0.5) is 0 Å². The maximum absolute atomic E-state index is 12.7. The second-order valence-corrected chi connectivity index (χ2v) is 6.56. The zero-order chi connectivity index (χ0) is 14.0. The van der Waals surface area contributed by atoms with E-state index in [9.17, 15) is 4.79 Å². The number of likely N-dealkylation sites (N-methyl/N-ethyl adjacent to an activating group) is 2. The standard InChI is InChI=1S/C14H25N3OS/c1-16-9-5-6-11(16)10-17(2)13(18)14(12(15)19)7-3-4-8-14/h11H,3-10H2,1-2H3,(H2,15,19). The van der Waals surface area contributed by atoms with Gasteiger partial charge in [0.1, 0.15) is 0 Å². The highest BCUT2D eigenvalue weighted by Crippen LogP contribution is 2.40. The zero-order valence-electron chi connectivity index (χ0n) is 12.0. The van der Waals surface area contributed by atoms with E-state index in [2.05, 4.69) is 11.9 Å². The number of likely N-dealkylation sites (tertiary alicyclic amines) is 1. The third-order valence-electron chi connectivity index (χ3n) is 4.84. The van der Waals surface area contributed by atoms with E-state index in [0.29, 0.717) is 11.0 Å². The van der Waals surface area contributed by atoms with Crippen LogP contribution in [0, 0.1) is 5.41 Å². The molecule has 0 aromatic carbocycles. The Morgan fingerprint density at radius 3 is 2.53 bits per heavy atom. The van der Waals surface area contributed by atoms with Gasteiger partial charge in [-0.1, -0.05) is 25.1 Å². The van der Waals surface area contributed by atoms with Crippen LogP contribution < -0.4 is 5.73 Å². The summed E-state index contributed by atoms with van der Waals surface area (Å²) in [5.41, 5.74) is 5.33. The normalized spacial score (nSPS) is 26.5. The first-order valence-electron chi connectivity index (χ1n) is 7.23. The molecule has 0 bridgehead atoms. The van der Waals surface area contributed by atoms with E-state index in [4.69, 9.17) is 18.0 Å². The van der Waals surface area contributed by atoms with E-state index in [0.717, 1.165) is 38.8 Å². The lowest BCUT2D eigenvalue weighted by atomic mass is 9.84. The van der Waals surface area contributed by atoms with Crippen LogP contribution in [0.3, 0.4) is 0 Å². The summed E-state index contributed by atoms with van der Waals surface area (Å²) in [6.07, 6.45) is 6.16. The van der Waals surface area contributed by atoms with Crippen LogP contribution in [0.5, 0.6) is 0 Å². The van der Waals surface area contributed by atoms with Gasteiger partial charge >= 0.3 is 0 Å². The second-order valence-electron chi connectivity index (χ2n) is 6.12. The van der Waals surface area contributed by atoms with Gasteiger partial charge in [0.25, 0.3) is 0 Å². The molecule has 0 radical (unpaired) electrons. The van der Waals surface area contributed by atoms with Crippen molar-refractivity contribution in [2.45, 2.75) is 44.6 Å². The minimum absolute atomic E-state index is 0.137. The van der Waals surface area contributed by atoms with Crippen molar-refractivity contribution in [1.82, 2.24) is 9.80 Å². The number of nitrogens with zero attached hydrogens (tertiary/aromatic N) is 2. The van der Waals surface area contributed by atoms with Gasteiger partial charge in [-0.05, 0) is 39.3 Å². The average Bonchev–Trinajstić information content (AvgIpc) is 2.99. The molecular weight excluding hydrogens is 258 g/mol. The van der Waals surface area contributed by atoms with E-state index in [1.165, 1.54) is 12.8 Å². The summed E-state index contributed by atoms with van der Waals surface area (Å²) in [6, 6.07) is 0.485. The minimum Gasteiger partial charge on any atom is -0.392 e. The van der Waals surface area contributed by atoms with Crippen molar-refractivity contribution in [3.05, 3.63) is 0 Å². The molecule has 108 valence electrons. The summed E-state index contributed by atoms with van der Waals surface area (Å²) in [4.78, 5) is 17.3.